The number of primary amides is 1. The van der Waals surface area contributed by atoms with Gasteiger partial charge < -0.3 is 10.8 Å². The van der Waals surface area contributed by atoms with Gasteiger partial charge in [-0.1, -0.05) is 22.0 Å². The number of aliphatic hydroxyl groups excluding tert-OH is 1. The summed E-state index contributed by atoms with van der Waals surface area (Å²) in [6.07, 6.45) is 0.975. The van der Waals surface area contributed by atoms with Crippen molar-refractivity contribution in [3.63, 3.8) is 0 Å². The van der Waals surface area contributed by atoms with E-state index in [1.807, 2.05) is 0 Å². The fraction of sp³-hybridized carbons (Fsp3) is 0.462. The van der Waals surface area contributed by atoms with Crippen LogP contribution in [0.25, 0.3) is 0 Å². The molecule has 0 spiro atoms. The number of piperidine rings is 1. The minimum atomic E-state index is -0.831. The molecule has 2 rings (SSSR count). The standard InChI is InChI=1S/C13H16BrFN2O2/c14-8-3-4-10(11(15)6-8)12(13(16)19)17-5-1-2-9(18)7-17/h3-4,6,9,12,18H,1-2,5,7H2,(H2,16,19). The second-order valence-corrected chi connectivity index (χ2v) is 5.68. The lowest BCUT2D eigenvalue weighted by Crippen LogP contribution is -2.45. The number of benzene rings is 1. The Morgan fingerprint density at radius 1 is 1.58 bits per heavy atom. The molecule has 1 aliphatic rings. The van der Waals surface area contributed by atoms with E-state index in [1.54, 1.807) is 17.0 Å². The van der Waals surface area contributed by atoms with Crippen molar-refractivity contribution in [1.82, 2.24) is 4.90 Å². The molecule has 1 aliphatic heterocycles. The zero-order chi connectivity index (χ0) is 14.0. The topological polar surface area (TPSA) is 66.6 Å². The SMILES string of the molecule is NC(=O)C(c1ccc(Br)cc1F)N1CCCC(O)C1. The van der Waals surface area contributed by atoms with Gasteiger partial charge in [0.25, 0.3) is 0 Å². The Bertz CT molecular complexity index is 484. The quantitative estimate of drug-likeness (QED) is 0.884. The van der Waals surface area contributed by atoms with E-state index in [0.29, 0.717) is 24.0 Å². The molecule has 2 unspecified atom stereocenters. The first kappa shape index (κ1) is 14.4. The Hall–Kier alpha value is -0.980. The summed E-state index contributed by atoms with van der Waals surface area (Å²) in [6.45, 7) is 0.962. The second-order valence-electron chi connectivity index (χ2n) is 4.76. The molecule has 3 N–H and O–H groups in total. The number of nitrogens with two attached hydrogens (primary N) is 1. The van der Waals surface area contributed by atoms with Gasteiger partial charge in [0.15, 0.2) is 0 Å². The number of carbonyl (C=O) groups excluding carboxylic acids is 1. The van der Waals surface area contributed by atoms with E-state index >= 15 is 0 Å². The van der Waals surface area contributed by atoms with Gasteiger partial charge in [0.05, 0.1) is 6.10 Å². The maximum absolute atomic E-state index is 14.0. The number of aliphatic hydroxyl groups is 1. The van der Waals surface area contributed by atoms with Crippen LogP contribution >= 0.6 is 15.9 Å². The number of rotatable bonds is 3. The number of hydrogen-bond donors (Lipinski definition) is 2. The van der Waals surface area contributed by atoms with Gasteiger partial charge in [0.2, 0.25) is 5.91 Å². The summed E-state index contributed by atoms with van der Waals surface area (Å²) in [6, 6.07) is 3.71. The van der Waals surface area contributed by atoms with Crippen molar-refractivity contribution in [2.75, 3.05) is 13.1 Å². The molecule has 1 amide bonds. The number of nitrogens with zero attached hydrogens (tertiary/aromatic N) is 1. The van der Waals surface area contributed by atoms with Gasteiger partial charge in [0, 0.05) is 16.6 Å². The fourth-order valence-electron chi connectivity index (χ4n) is 2.47. The number of halogens is 2. The third kappa shape index (κ3) is 3.32. The molecule has 2 atom stereocenters. The molecule has 0 bridgehead atoms. The van der Waals surface area contributed by atoms with Crippen LogP contribution in [-0.4, -0.2) is 35.1 Å². The summed E-state index contributed by atoms with van der Waals surface area (Å²) in [7, 11) is 0. The van der Waals surface area contributed by atoms with Crippen molar-refractivity contribution in [2.24, 2.45) is 5.73 Å². The first-order chi connectivity index (χ1) is 8.99. The summed E-state index contributed by atoms with van der Waals surface area (Å²) in [5.74, 6) is -1.08. The molecule has 1 aromatic rings. The summed E-state index contributed by atoms with van der Waals surface area (Å²) in [5, 5.41) is 9.68. The predicted octanol–water partition coefficient (Wildman–Crippen LogP) is 1.57. The molecule has 1 heterocycles. The van der Waals surface area contributed by atoms with Crippen LogP contribution < -0.4 is 5.73 Å². The normalized spacial score (nSPS) is 22.2. The Morgan fingerprint density at radius 2 is 2.32 bits per heavy atom. The number of carbonyl (C=O) groups is 1. The van der Waals surface area contributed by atoms with Crippen molar-refractivity contribution in [1.29, 1.82) is 0 Å². The summed E-state index contributed by atoms with van der Waals surface area (Å²) < 4.78 is 14.6. The lowest BCUT2D eigenvalue weighted by Gasteiger charge is -2.35. The molecule has 0 aromatic heterocycles. The Balaban J connectivity index is 2.31. The summed E-state index contributed by atoms with van der Waals surface area (Å²) in [4.78, 5) is 13.4. The van der Waals surface area contributed by atoms with Gasteiger partial charge >= 0.3 is 0 Å². The predicted molar refractivity (Wildman–Crippen MR) is 72.8 cm³/mol. The monoisotopic (exact) mass is 330 g/mol. The highest BCUT2D eigenvalue weighted by molar-refractivity contribution is 9.10. The van der Waals surface area contributed by atoms with Crippen LogP contribution in [0.3, 0.4) is 0 Å². The van der Waals surface area contributed by atoms with E-state index in [0.717, 1.165) is 6.42 Å². The molecule has 19 heavy (non-hydrogen) atoms. The molecule has 1 aromatic carbocycles. The minimum Gasteiger partial charge on any atom is -0.392 e. The number of β-amino-alcohol motifs (C(OH)–C–C–N with tert-alkyl or cyclic N) is 1. The maximum Gasteiger partial charge on any atom is 0.239 e. The van der Waals surface area contributed by atoms with Crippen LogP contribution in [0.15, 0.2) is 22.7 Å². The van der Waals surface area contributed by atoms with Gasteiger partial charge in [-0.15, -0.1) is 0 Å². The molecular weight excluding hydrogens is 315 g/mol. The number of hydrogen-bond acceptors (Lipinski definition) is 3. The first-order valence-electron chi connectivity index (χ1n) is 6.15. The molecule has 0 aliphatic carbocycles. The molecular formula is C13H16BrFN2O2. The van der Waals surface area contributed by atoms with Crippen LogP contribution in [0.4, 0.5) is 4.39 Å². The minimum absolute atomic E-state index is 0.254. The van der Waals surface area contributed by atoms with E-state index in [2.05, 4.69) is 15.9 Å². The van der Waals surface area contributed by atoms with Crippen molar-refractivity contribution in [3.05, 3.63) is 34.1 Å². The van der Waals surface area contributed by atoms with Gasteiger partial charge in [-0.3, -0.25) is 9.69 Å². The van der Waals surface area contributed by atoms with Gasteiger partial charge in [-0.05, 0) is 31.5 Å². The summed E-state index contributed by atoms with van der Waals surface area (Å²) >= 11 is 3.18. The third-order valence-corrected chi connectivity index (χ3v) is 3.81. The van der Waals surface area contributed by atoms with E-state index in [-0.39, 0.29) is 5.56 Å². The fourth-order valence-corrected chi connectivity index (χ4v) is 2.80. The van der Waals surface area contributed by atoms with Gasteiger partial charge in [-0.25, -0.2) is 4.39 Å². The third-order valence-electron chi connectivity index (χ3n) is 3.32. The van der Waals surface area contributed by atoms with Crippen molar-refractivity contribution < 1.29 is 14.3 Å². The van der Waals surface area contributed by atoms with Crippen LogP contribution in [0, 0.1) is 5.82 Å². The second kappa shape index (κ2) is 5.98. The number of amides is 1. The Morgan fingerprint density at radius 3 is 2.89 bits per heavy atom. The van der Waals surface area contributed by atoms with Gasteiger partial charge in [0.1, 0.15) is 11.9 Å². The number of likely N-dealkylation sites (tertiary alicyclic amines) is 1. The van der Waals surface area contributed by atoms with E-state index in [1.165, 1.54) is 6.07 Å². The first-order valence-corrected chi connectivity index (χ1v) is 6.94. The molecule has 1 saturated heterocycles. The van der Waals surface area contributed by atoms with Crippen molar-refractivity contribution >= 4 is 21.8 Å². The molecule has 4 nitrogen and oxygen atoms in total. The van der Waals surface area contributed by atoms with Crippen LogP contribution in [-0.2, 0) is 4.79 Å². The summed E-state index contributed by atoms with van der Waals surface area (Å²) in [5.41, 5.74) is 5.67. The largest absolute Gasteiger partial charge is 0.392 e. The van der Waals surface area contributed by atoms with Crippen LogP contribution in [0.1, 0.15) is 24.4 Å². The molecule has 104 valence electrons. The van der Waals surface area contributed by atoms with Gasteiger partial charge in [-0.2, -0.15) is 0 Å². The van der Waals surface area contributed by atoms with Crippen molar-refractivity contribution in [2.45, 2.75) is 25.0 Å². The molecule has 0 saturated carbocycles. The Labute approximate surface area is 119 Å². The average Bonchev–Trinajstić information content (AvgIpc) is 2.32. The van der Waals surface area contributed by atoms with Crippen LogP contribution in [0.2, 0.25) is 0 Å². The highest BCUT2D eigenvalue weighted by atomic mass is 79.9. The lowest BCUT2D eigenvalue weighted by molar-refractivity contribution is -0.124. The zero-order valence-corrected chi connectivity index (χ0v) is 11.9. The smallest absolute Gasteiger partial charge is 0.239 e. The molecule has 1 fully saturated rings. The zero-order valence-electron chi connectivity index (χ0n) is 10.4. The Kier molecular flexibility index (Phi) is 4.54. The lowest BCUT2D eigenvalue weighted by atomic mass is 9.99. The van der Waals surface area contributed by atoms with E-state index in [4.69, 9.17) is 5.73 Å². The molecule has 6 heteroatoms. The highest BCUT2D eigenvalue weighted by Gasteiger charge is 2.31. The van der Waals surface area contributed by atoms with E-state index < -0.39 is 23.9 Å². The highest BCUT2D eigenvalue weighted by Crippen LogP contribution is 2.28. The average molecular weight is 331 g/mol. The van der Waals surface area contributed by atoms with Crippen molar-refractivity contribution in [3.8, 4) is 0 Å². The van der Waals surface area contributed by atoms with Crippen LogP contribution in [0.5, 0.6) is 0 Å². The molecule has 0 radical (unpaired) electrons. The van der Waals surface area contributed by atoms with E-state index in [9.17, 15) is 14.3 Å². The maximum atomic E-state index is 14.0.